The van der Waals surface area contributed by atoms with Gasteiger partial charge >= 0.3 is 0 Å². The zero-order valence-corrected chi connectivity index (χ0v) is 16.2. The van der Waals surface area contributed by atoms with Crippen molar-refractivity contribution in [3.63, 3.8) is 0 Å². The van der Waals surface area contributed by atoms with Crippen molar-refractivity contribution in [2.75, 3.05) is 10.6 Å². The third-order valence-electron chi connectivity index (χ3n) is 4.31. The minimum Gasteiger partial charge on any atom is -0.326 e. The van der Waals surface area contributed by atoms with Crippen LogP contribution in [0.15, 0.2) is 24.3 Å². The van der Waals surface area contributed by atoms with Crippen molar-refractivity contribution in [1.82, 2.24) is 9.78 Å². The van der Waals surface area contributed by atoms with E-state index in [1.165, 1.54) is 0 Å². The number of nitrogens with zero attached hydrogens (tertiary/aromatic N) is 2. The molecule has 6 heteroatoms. The van der Waals surface area contributed by atoms with E-state index in [2.05, 4.69) is 15.7 Å². The summed E-state index contributed by atoms with van der Waals surface area (Å²) in [6.45, 7) is 7.99. The summed E-state index contributed by atoms with van der Waals surface area (Å²) in [5.41, 5.74) is 4.65. The molecule has 0 saturated carbocycles. The number of rotatable bonds is 7. The Morgan fingerprint density at radius 2 is 1.58 bits per heavy atom. The second-order valence-electron chi connectivity index (χ2n) is 7.04. The summed E-state index contributed by atoms with van der Waals surface area (Å²) in [5, 5.41) is 10.1. The molecule has 0 spiro atoms. The van der Waals surface area contributed by atoms with E-state index < -0.39 is 0 Å². The van der Waals surface area contributed by atoms with E-state index >= 15 is 0 Å². The molecule has 1 aromatic carbocycles. The van der Waals surface area contributed by atoms with Gasteiger partial charge in [-0.05, 0) is 56.0 Å². The van der Waals surface area contributed by atoms with Gasteiger partial charge in [0.1, 0.15) is 0 Å². The van der Waals surface area contributed by atoms with E-state index in [4.69, 9.17) is 0 Å². The van der Waals surface area contributed by atoms with Crippen molar-refractivity contribution in [3.8, 4) is 0 Å². The van der Waals surface area contributed by atoms with Gasteiger partial charge in [-0.25, -0.2) is 0 Å². The highest BCUT2D eigenvalue weighted by molar-refractivity contribution is 5.93. The molecule has 0 radical (unpaired) electrons. The predicted molar refractivity (Wildman–Crippen MR) is 104 cm³/mol. The highest BCUT2D eigenvalue weighted by atomic mass is 16.2. The van der Waals surface area contributed by atoms with Crippen LogP contribution in [0.2, 0.25) is 0 Å². The quantitative estimate of drug-likeness (QED) is 0.796. The van der Waals surface area contributed by atoms with Crippen molar-refractivity contribution in [1.29, 1.82) is 0 Å². The van der Waals surface area contributed by atoms with E-state index in [0.29, 0.717) is 25.2 Å². The lowest BCUT2D eigenvalue weighted by atomic mass is 10.1. The average molecular weight is 356 g/mol. The molecule has 0 aliphatic carbocycles. The van der Waals surface area contributed by atoms with Crippen LogP contribution in [0.3, 0.4) is 0 Å². The number of aryl methyl sites for hydroxylation is 2. The standard InChI is InChI=1S/C20H28N4O2/c1-13(2)12-20(26)22-17-8-6-16(7-9-17)21-19(25)11-10-18-14(3)23-24(5)15(18)4/h6-9,13H,10-12H2,1-5H3,(H,21,25)(H,22,26). The summed E-state index contributed by atoms with van der Waals surface area (Å²) < 4.78 is 1.84. The summed E-state index contributed by atoms with van der Waals surface area (Å²) >= 11 is 0. The Bertz CT molecular complexity index is 776. The Morgan fingerprint density at radius 3 is 2.04 bits per heavy atom. The van der Waals surface area contributed by atoms with Crippen molar-refractivity contribution >= 4 is 23.2 Å². The normalized spacial score (nSPS) is 10.8. The molecule has 2 N–H and O–H groups in total. The number of carbonyl (C=O) groups excluding carboxylic acids is 2. The first kappa shape index (κ1) is 19.7. The zero-order chi connectivity index (χ0) is 19.3. The number of hydrogen-bond donors (Lipinski definition) is 2. The van der Waals surface area contributed by atoms with Gasteiger partial charge in [0.05, 0.1) is 5.69 Å². The van der Waals surface area contributed by atoms with Crippen molar-refractivity contribution in [3.05, 3.63) is 41.2 Å². The first-order valence-electron chi connectivity index (χ1n) is 8.95. The molecule has 0 saturated heterocycles. The monoisotopic (exact) mass is 356 g/mol. The van der Waals surface area contributed by atoms with E-state index in [1.54, 1.807) is 24.3 Å². The molecule has 0 atom stereocenters. The first-order valence-corrected chi connectivity index (χ1v) is 8.95. The van der Waals surface area contributed by atoms with E-state index in [1.807, 2.05) is 39.4 Å². The molecule has 26 heavy (non-hydrogen) atoms. The first-order chi connectivity index (χ1) is 12.3. The van der Waals surface area contributed by atoms with Crippen molar-refractivity contribution in [2.24, 2.45) is 13.0 Å². The maximum Gasteiger partial charge on any atom is 0.224 e. The molecule has 0 aliphatic rings. The molecular formula is C20H28N4O2. The van der Waals surface area contributed by atoms with Crippen molar-refractivity contribution < 1.29 is 9.59 Å². The van der Waals surface area contributed by atoms with Crippen LogP contribution >= 0.6 is 0 Å². The molecule has 2 amide bonds. The third kappa shape index (κ3) is 5.44. The maximum absolute atomic E-state index is 12.2. The van der Waals surface area contributed by atoms with Gasteiger partial charge in [-0.3, -0.25) is 14.3 Å². The van der Waals surface area contributed by atoms with Crippen LogP contribution in [-0.4, -0.2) is 21.6 Å². The average Bonchev–Trinajstić information content (AvgIpc) is 2.79. The Labute approximate surface area is 155 Å². The second-order valence-corrected chi connectivity index (χ2v) is 7.04. The van der Waals surface area contributed by atoms with Crippen LogP contribution in [0.5, 0.6) is 0 Å². The molecule has 0 fully saturated rings. The van der Waals surface area contributed by atoms with Gasteiger partial charge in [0, 0.05) is 37.0 Å². The van der Waals surface area contributed by atoms with Gasteiger partial charge in [0.25, 0.3) is 0 Å². The highest BCUT2D eigenvalue weighted by Crippen LogP contribution is 2.17. The minimum atomic E-state index is -0.0377. The molecule has 0 bridgehead atoms. The Kier molecular flexibility index (Phi) is 6.55. The molecule has 2 rings (SSSR count). The van der Waals surface area contributed by atoms with E-state index in [9.17, 15) is 9.59 Å². The number of anilines is 2. The lowest BCUT2D eigenvalue weighted by Crippen LogP contribution is -2.14. The zero-order valence-electron chi connectivity index (χ0n) is 16.2. The van der Waals surface area contributed by atoms with Gasteiger partial charge in [-0.15, -0.1) is 0 Å². The smallest absolute Gasteiger partial charge is 0.224 e. The molecule has 2 aromatic rings. The van der Waals surface area contributed by atoms with Crippen LogP contribution in [0.4, 0.5) is 11.4 Å². The van der Waals surface area contributed by atoms with Crippen LogP contribution in [0.25, 0.3) is 0 Å². The van der Waals surface area contributed by atoms with Crippen LogP contribution in [0.1, 0.15) is 43.6 Å². The van der Waals surface area contributed by atoms with Gasteiger partial charge in [-0.2, -0.15) is 5.10 Å². The Morgan fingerprint density at radius 1 is 1.04 bits per heavy atom. The molecule has 0 unspecified atom stereocenters. The van der Waals surface area contributed by atoms with Gasteiger partial charge in [0.2, 0.25) is 11.8 Å². The van der Waals surface area contributed by atoms with Crippen LogP contribution in [0, 0.1) is 19.8 Å². The fourth-order valence-electron chi connectivity index (χ4n) is 2.86. The third-order valence-corrected chi connectivity index (χ3v) is 4.31. The summed E-state index contributed by atoms with van der Waals surface area (Å²) in [5.74, 6) is 0.281. The summed E-state index contributed by atoms with van der Waals surface area (Å²) in [4.78, 5) is 24.0. The molecule has 1 aromatic heterocycles. The molecular weight excluding hydrogens is 328 g/mol. The Hall–Kier alpha value is -2.63. The Balaban J connectivity index is 1.86. The van der Waals surface area contributed by atoms with E-state index in [-0.39, 0.29) is 11.8 Å². The fourth-order valence-corrected chi connectivity index (χ4v) is 2.86. The van der Waals surface area contributed by atoms with Gasteiger partial charge in [0.15, 0.2) is 0 Å². The lowest BCUT2D eigenvalue weighted by Gasteiger charge is -2.09. The second kappa shape index (κ2) is 8.65. The maximum atomic E-state index is 12.2. The molecule has 140 valence electrons. The summed E-state index contributed by atoms with van der Waals surface area (Å²) in [6, 6.07) is 7.18. The number of nitrogens with one attached hydrogen (secondary N) is 2. The largest absolute Gasteiger partial charge is 0.326 e. The number of carbonyl (C=O) groups is 2. The molecule has 6 nitrogen and oxygen atoms in total. The topological polar surface area (TPSA) is 76.0 Å². The van der Waals surface area contributed by atoms with Gasteiger partial charge < -0.3 is 10.6 Å². The highest BCUT2D eigenvalue weighted by Gasteiger charge is 2.11. The SMILES string of the molecule is Cc1nn(C)c(C)c1CCC(=O)Nc1ccc(NC(=O)CC(C)C)cc1. The van der Waals surface area contributed by atoms with Crippen molar-refractivity contribution in [2.45, 2.75) is 47.0 Å². The van der Waals surface area contributed by atoms with Crippen LogP contribution in [-0.2, 0) is 23.1 Å². The summed E-state index contributed by atoms with van der Waals surface area (Å²) in [6.07, 6.45) is 1.56. The van der Waals surface area contributed by atoms with Crippen LogP contribution < -0.4 is 10.6 Å². The number of amides is 2. The fraction of sp³-hybridized carbons (Fsp3) is 0.450. The molecule has 1 heterocycles. The number of benzene rings is 1. The number of aromatic nitrogens is 2. The van der Waals surface area contributed by atoms with E-state index in [0.717, 1.165) is 28.3 Å². The lowest BCUT2D eigenvalue weighted by molar-refractivity contribution is -0.117. The number of hydrogen-bond acceptors (Lipinski definition) is 3. The molecule has 0 aliphatic heterocycles. The summed E-state index contributed by atoms with van der Waals surface area (Å²) in [7, 11) is 1.91. The van der Waals surface area contributed by atoms with Gasteiger partial charge in [-0.1, -0.05) is 13.8 Å². The minimum absolute atomic E-state index is 0.000930. The predicted octanol–water partition coefficient (Wildman–Crippen LogP) is 3.59.